The van der Waals surface area contributed by atoms with E-state index in [2.05, 4.69) is 33.1 Å². The molecular weight excluding hydrogens is 388 g/mol. The second-order valence-corrected chi connectivity index (χ2v) is 8.12. The first-order valence-corrected chi connectivity index (χ1v) is 10.4. The van der Waals surface area contributed by atoms with Gasteiger partial charge in [0.05, 0.1) is 54.4 Å². The Bertz CT molecular complexity index is 1160. The highest BCUT2D eigenvalue weighted by molar-refractivity contribution is 7.22. The number of methoxy groups -OCH3 is 2. The van der Waals surface area contributed by atoms with E-state index in [0.717, 1.165) is 47.9 Å². The van der Waals surface area contributed by atoms with Crippen LogP contribution in [0.15, 0.2) is 36.7 Å². The molecule has 1 fully saturated rings. The van der Waals surface area contributed by atoms with E-state index >= 15 is 0 Å². The Hall–Kier alpha value is -2.84. The summed E-state index contributed by atoms with van der Waals surface area (Å²) in [6, 6.07) is 10.6. The molecule has 3 heterocycles. The van der Waals surface area contributed by atoms with Gasteiger partial charge in [-0.05, 0) is 24.1 Å². The minimum Gasteiger partial charge on any atom is -0.493 e. The lowest BCUT2D eigenvalue weighted by atomic mass is 10.2. The van der Waals surface area contributed by atoms with E-state index in [-0.39, 0.29) is 0 Å². The van der Waals surface area contributed by atoms with Gasteiger partial charge in [-0.3, -0.25) is 0 Å². The van der Waals surface area contributed by atoms with E-state index < -0.39 is 0 Å². The van der Waals surface area contributed by atoms with Gasteiger partial charge >= 0.3 is 0 Å². The van der Waals surface area contributed by atoms with Gasteiger partial charge in [-0.2, -0.15) is 0 Å². The van der Waals surface area contributed by atoms with Crippen molar-refractivity contribution in [1.29, 1.82) is 0 Å². The number of ether oxygens (including phenoxy) is 3. The van der Waals surface area contributed by atoms with Crippen molar-refractivity contribution in [2.75, 3.05) is 32.8 Å². The van der Waals surface area contributed by atoms with Crippen molar-refractivity contribution in [1.82, 2.24) is 14.5 Å². The molecule has 1 unspecified atom stereocenters. The van der Waals surface area contributed by atoms with Crippen LogP contribution in [0.2, 0.25) is 0 Å². The van der Waals surface area contributed by atoms with Gasteiger partial charge in [0.25, 0.3) is 0 Å². The molecule has 2 aromatic carbocycles. The number of aromatic nitrogens is 3. The molecule has 0 radical (unpaired) electrons. The van der Waals surface area contributed by atoms with Crippen molar-refractivity contribution in [3.8, 4) is 11.5 Å². The summed E-state index contributed by atoms with van der Waals surface area (Å²) < 4.78 is 19.6. The molecule has 150 valence electrons. The van der Waals surface area contributed by atoms with Crippen LogP contribution in [0.3, 0.4) is 0 Å². The van der Waals surface area contributed by atoms with Gasteiger partial charge in [0, 0.05) is 25.3 Å². The molecule has 0 spiro atoms. The number of imidazole rings is 1. The van der Waals surface area contributed by atoms with Crippen LogP contribution in [-0.2, 0) is 11.3 Å². The predicted molar refractivity (Wildman–Crippen MR) is 114 cm³/mol. The Morgan fingerprint density at radius 3 is 2.83 bits per heavy atom. The molecule has 5 rings (SSSR count). The number of benzene rings is 2. The quantitative estimate of drug-likeness (QED) is 0.520. The highest BCUT2D eigenvalue weighted by Gasteiger charge is 2.17. The maximum absolute atomic E-state index is 5.45. The summed E-state index contributed by atoms with van der Waals surface area (Å²) in [5, 5.41) is 4.44. The molecule has 1 aliphatic rings. The summed E-state index contributed by atoms with van der Waals surface area (Å²) in [5.41, 5.74) is 4.11. The molecule has 8 heteroatoms. The van der Waals surface area contributed by atoms with Crippen molar-refractivity contribution >= 4 is 37.7 Å². The Morgan fingerprint density at radius 1 is 1.17 bits per heavy atom. The monoisotopic (exact) mass is 410 g/mol. The van der Waals surface area contributed by atoms with E-state index in [4.69, 9.17) is 19.2 Å². The summed E-state index contributed by atoms with van der Waals surface area (Å²) in [4.78, 5) is 9.23. The zero-order chi connectivity index (χ0) is 19.8. The molecular formula is C21H22N4O3S. The summed E-state index contributed by atoms with van der Waals surface area (Å²) in [6.45, 7) is 2.30. The van der Waals surface area contributed by atoms with Crippen LogP contribution in [0.25, 0.3) is 21.3 Å². The Balaban J connectivity index is 1.42. The largest absolute Gasteiger partial charge is 0.493 e. The van der Waals surface area contributed by atoms with Gasteiger partial charge in [0.1, 0.15) is 0 Å². The summed E-state index contributed by atoms with van der Waals surface area (Å²) >= 11 is 1.69. The molecule has 1 saturated heterocycles. The average Bonchev–Trinajstić information content (AvgIpc) is 3.47. The van der Waals surface area contributed by atoms with Crippen LogP contribution in [0, 0.1) is 0 Å². The Morgan fingerprint density at radius 2 is 2.03 bits per heavy atom. The van der Waals surface area contributed by atoms with E-state index in [0.29, 0.717) is 17.5 Å². The van der Waals surface area contributed by atoms with Crippen LogP contribution in [-0.4, -0.2) is 48.0 Å². The summed E-state index contributed by atoms with van der Waals surface area (Å²) in [5.74, 6) is 1.38. The number of rotatable bonds is 6. The molecule has 29 heavy (non-hydrogen) atoms. The normalized spacial score (nSPS) is 16.6. The molecule has 1 atom stereocenters. The first kappa shape index (κ1) is 18.2. The lowest BCUT2D eigenvalue weighted by Crippen LogP contribution is -2.18. The number of nitrogens with one attached hydrogen (secondary N) is 1. The van der Waals surface area contributed by atoms with Gasteiger partial charge in [-0.1, -0.05) is 17.4 Å². The zero-order valence-corrected chi connectivity index (χ0v) is 17.2. The van der Waals surface area contributed by atoms with Crippen molar-refractivity contribution in [2.45, 2.75) is 19.0 Å². The number of anilines is 1. The number of hydrogen-bond donors (Lipinski definition) is 1. The standard InChI is InChI=1S/C21H22N4O3S/c1-26-18-8-16-17(9-19(18)27-2)25(12-22-16)10-13-3-4-15-20(7-13)29-21(24-15)23-14-5-6-28-11-14/h3-4,7-9,12,14H,5-6,10-11H2,1-2H3,(H,23,24). The van der Waals surface area contributed by atoms with Crippen LogP contribution in [0.5, 0.6) is 11.5 Å². The molecule has 0 amide bonds. The topological polar surface area (TPSA) is 70.4 Å². The molecule has 0 saturated carbocycles. The van der Waals surface area contributed by atoms with Gasteiger partial charge in [-0.25, -0.2) is 9.97 Å². The molecule has 0 bridgehead atoms. The Labute approximate surface area is 172 Å². The minimum atomic E-state index is 0.360. The minimum absolute atomic E-state index is 0.360. The van der Waals surface area contributed by atoms with Crippen molar-refractivity contribution < 1.29 is 14.2 Å². The van der Waals surface area contributed by atoms with Crippen LogP contribution in [0.4, 0.5) is 5.13 Å². The van der Waals surface area contributed by atoms with Crippen molar-refractivity contribution in [2.24, 2.45) is 0 Å². The predicted octanol–water partition coefficient (Wildman–Crippen LogP) is 3.91. The third kappa shape index (κ3) is 3.49. The number of nitrogens with zero attached hydrogens (tertiary/aromatic N) is 3. The lowest BCUT2D eigenvalue weighted by Gasteiger charge is -2.09. The molecule has 1 aliphatic heterocycles. The number of fused-ring (bicyclic) bond motifs is 2. The maximum atomic E-state index is 5.45. The van der Waals surface area contributed by atoms with Crippen molar-refractivity contribution in [3.63, 3.8) is 0 Å². The third-order valence-electron chi connectivity index (χ3n) is 5.19. The molecule has 1 N–H and O–H groups in total. The summed E-state index contributed by atoms with van der Waals surface area (Å²) in [7, 11) is 3.28. The second kappa shape index (κ2) is 7.53. The van der Waals surface area contributed by atoms with Crippen LogP contribution in [0.1, 0.15) is 12.0 Å². The highest BCUT2D eigenvalue weighted by atomic mass is 32.1. The summed E-state index contributed by atoms with van der Waals surface area (Å²) in [6.07, 6.45) is 2.89. The highest BCUT2D eigenvalue weighted by Crippen LogP contribution is 2.32. The van der Waals surface area contributed by atoms with Crippen LogP contribution < -0.4 is 14.8 Å². The zero-order valence-electron chi connectivity index (χ0n) is 16.3. The number of thiazole rings is 1. The van der Waals surface area contributed by atoms with Crippen molar-refractivity contribution in [3.05, 3.63) is 42.2 Å². The first-order chi connectivity index (χ1) is 14.2. The van der Waals surface area contributed by atoms with Gasteiger partial charge in [0.2, 0.25) is 0 Å². The lowest BCUT2D eigenvalue weighted by molar-refractivity contribution is 0.195. The van der Waals surface area contributed by atoms with Gasteiger partial charge in [0.15, 0.2) is 16.6 Å². The first-order valence-electron chi connectivity index (χ1n) is 9.54. The fourth-order valence-electron chi connectivity index (χ4n) is 3.66. The molecule has 2 aromatic heterocycles. The Kier molecular flexibility index (Phi) is 4.73. The SMILES string of the molecule is COc1cc2ncn(Cc3ccc4nc(NC5CCOC5)sc4c3)c2cc1OC. The van der Waals surface area contributed by atoms with E-state index in [1.807, 2.05) is 18.5 Å². The molecule has 4 aromatic rings. The smallest absolute Gasteiger partial charge is 0.184 e. The van der Waals surface area contributed by atoms with E-state index in [1.54, 1.807) is 25.6 Å². The van der Waals surface area contributed by atoms with E-state index in [9.17, 15) is 0 Å². The number of hydrogen-bond acceptors (Lipinski definition) is 7. The third-order valence-corrected chi connectivity index (χ3v) is 6.14. The van der Waals surface area contributed by atoms with Gasteiger partial charge in [-0.15, -0.1) is 0 Å². The molecule has 0 aliphatic carbocycles. The van der Waals surface area contributed by atoms with Crippen LogP contribution >= 0.6 is 11.3 Å². The maximum Gasteiger partial charge on any atom is 0.184 e. The van der Waals surface area contributed by atoms with Gasteiger partial charge < -0.3 is 24.1 Å². The fraction of sp³-hybridized carbons (Fsp3) is 0.333. The van der Waals surface area contributed by atoms with E-state index in [1.165, 1.54) is 10.3 Å². The fourth-order valence-corrected chi connectivity index (χ4v) is 4.67. The second-order valence-electron chi connectivity index (χ2n) is 7.09. The molecule has 7 nitrogen and oxygen atoms in total. The average molecular weight is 410 g/mol.